The molecular weight excluding hydrogens is 354 g/mol. The fraction of sp³-hybridized carbons (Fsp3) is 0.333. The van der Waals surface area contributed by atoms with Crippen molar-refractivity contribution in [1.82, 2.24) is 9.71 Å². The molecule has 0 saturated heterocycles. The van der Waals surface area contributed by atoms with Crippen LogP contribution in [0.2, 0.25) is 0 Å². The van der Waals surface area contributed by atoms with Crippen molar-refractivity contribution in [3.63, 3.8) is 0 Å². The summed E-state index contributed by atoms with van der Waals surface area (Å²) in [6.07, 6.45) is 3.40. The summed E-state index contributed by atoms with van der Waals surface area (Å²) in [7, 11) is -3.70. The van der Waals surface area contributed by atoms with Gasteiger partial charge in [0.25, 0.3) is 0 Å². The molecule has 3 rings (SSSR count). The Labute approximate surface area is 152 Å². The normalized spacial score (nSPS) is 14.3. The van der Waals surface area contributed by atoms with Gasteiger partial charge in [-0.1, -0.05) is 6.07 Å². The number of anilines is 1. The molecule has 26 heavy (non-hydrogen) atoms. The number of ether oxygens (including phenoxy) is 1. The molecule has 2 N–H and O–H groups in total. The van der Waals surface area contributed by atoms with Crippen LogP contribution in [0.1, 0.15) is 30.9 Å². The van der Waals surface area contributed by atoms with Crippen LogP contribution in [-0.2, 0) is 27.8 Å². The second-order valence-corrected chi connectivity index (χ2v) is 7.71. The molecule has 0 saturated carbocycles. The number of aryl methyl sites for hydroxylation is 1. The van der Waals surface area contributed by atoms with E-state index in [9.17, 15) is 13.2 Å². The highest BCUT2D eigenvalue weighted by Crippen LogP contribution is 2.25. The van der Waals surface area contributed by atoms with Gasteiger partial charge in [0.05, 0.1) is 11.5 Å². The largest absolute Gasteiger partial charge is 0.478 e. The maximum atomic E-state index is 12.7. The summed E-state index contributed by atoms with van der Waals surface area (Å²) in [6, 6.07) is 8.27. The number of hydrogen-bond donors (Lipinski definition) is 2. The summed E-state index contributed by atoms with van der Waals surface area (Å²) in [5.41, 5.74) is 2.17. The first kappa shape index (κ1) is 18.3. The number of hydrogen-bond acceptors (Lipinski definition) is 5. The van der Waals surface area contributed by atoms with Crippen LogP contribution in [-0.4, -0.2) is 25.9 Å². The zero-order valence-corrected chi connectivity index (χ0v) is 15.3. The zero-order chi connectivity index (χ0) is 18.6. The topological polar surface area (TPSA) is 97.4 Å². The number of nitrogens with one attached hydrogen (secondary N) is 2. The molecule has 1 amide bonds. The number of benzene rings is 1. The summed E-state index contributed by atoms with van der Waals surface area (Å²) < 4.78 is 33.3. The van der Waals surface area contributed by atoms with Crippen LogP contribution in [0.15, 0.2) is 41.4 Å². The van der Waals surface area contributed by atoms with Gasteiger partial charge in [-0.25, -0.2) is 18.1 Å². The van der Waals surface area contributed by atoms with Gasteiger partial charge in [-0.3, -0.25) is 4.79 Å². The van der Waals surface area contributed by atoms with E-state index in [1.807, 2.05) is 6.92 Å². The molecule has 138 valence electrons. The Bertz CT molecular complexity index is 912. The first-order valence-electron chi connectivity index (χ1n) is 8.49. The molecule has 1 aliphatic rings. The maximum Gasteiger partial charge on any atom is 0.240 e. The van der Waals surface area contributed by atoms with Crippen molar-refractivity contribution in [2.45, 2.75) is 37.6 Å². The lowest BCUT2D eigenvalue weighted by atomic mass is 10.1. The van der Waals surface area contributed by atoms with Crippen LogP contribution in [0, 0.1) is 0 Å². The van der Waals surface area contributed by atoms with Crippen molar-refractivity contribution in [2.75, 3.05) is 11.9 Å². The Balaban J connectivity index is 1.79. The van der Waals surface area contributed by atoms with Gasteiger partial charge < -0.3 is 10.1 Å². The minimum atomic E-state index is -3.70. The Morgan fingerprint density at radius 3 is 2.92 bits per heavy atom. The number of sulfonamides is 1. The van der Waals surface area contributed by atoms with E-state index >= 15 is 0 Å². The van der Waals surface area contributed by atoms with Crippen LogP contribution in [0.25, 0.3) is 0 Å². The minimum absolute atomic E-state index is 0.0440. The van der Waals surface area contributed by atoms with E-state index < -0.39 is 10.0 Å². The molecule has 0 spiro atoms. The number of nitrogens with zero attached hydrogens (tertiary/aromatic N) is 1. The van der Waals surface area contributed by atoms with Gasteiger partial charge in [0.15, 0.2) is 0 Å². The molecule has 0 unspecified atom stereocenters. The van der Waals surface area contributed by atoms with Crippen molar-refractivity contribution < 1.29 is 17.9 Å². The van der Waals surface area contributed by atoms with Crippen molar-refractivity contribution in [3.05, 3.63) is 47.7 Å². The fourth-order valence-electron chi connectivity index (χ4n) is 2.80. The Hall–Kier alpha value is -2.45. The fourth-order valence-corrected chi connectivity index (χ4v) is 3.86. The molecule has 0 bridgehead atoms. The first-order chi connectivity index (χ1) is 12.5. The molecule has 8 heteroatoms. The molecule has 0 radical (unpaired) electrons. The molecule has 2 aromatic rings. The third kappa shape index (κ3) is 4.20. The van der Waals surface area contributed by atoms with E-state index in [1.54, 1.807) is 30.5 Å². The van der Waals surface area contributed by atoms with E-state index in [1.165, 1.54) is 6.07 Å². The lowest BCUT2D eigenvalue weighted by Crippen LogP contribution is -2.24. The lowest BCUT2D eigenvalue weighted by molar-refractivity contribution is -0.116. The van der Waals surface area contributed by atoms with E-state index in [0.717, 1.165) is 5.56 Å². The van der Waals surface area contributed by atoms with Crippen LogP contribution in [0.5, 0.6) is 5.88 Å². The van der Waals surface area contributed by atoms with E-state index in [2.05, 4.69) is 15.0 Å². The van der Waals surface area contributed by atoms with Gasteiger partial charge in [0, 0.05) is 30.4 Å². The van der Waals surface area contributed by atoms with Crippen molar-refractivity contribution in [3.8, 4) is 5.88 Å². The highest BCUT2D eigenvalue weighted by molar-refractivity contribution is 7.89. The standard InChI is InChI=1S/C18H21N3O4S/c1-2-25-18-14(6-4-10-19-18)12-20-26(23,24)15-8-9-16-13(11-15)5-3-7-17(22)21-16/h4,6,8-11,20H,2-3,5,7,12H2,1H3,(H,21,22). The average Bonchev–Trinajstić information content (AvgIpc) is 2.81. The number of pyridine rings is 1. The first-order valence-corrected chi connectivity index (χ1v) is 9.97. The minimum Gasteiger partial charge on any atom is -0.478 e. The quantitative estimate of drug-likeness (QED) is 0.807. The predicted octanol–water partition coefficient (Wildman–Crippen LogP) is 2.23. The monoisotopic (exact) mass is 375 g/mol. The van der Waals surface area contributed by atoms with E-state index in [4.69, 9.17) is 4.74 Å². The molecule has 0 aliphatic carbocycles. The molecule has 0 fully saturated rings. The number of fused-ring (bicyclic) bond motifs is 1. The number of aromatic nitrogens is 1. The van der Waals surface area contributed by atoms with Crippen molar-refractivity contribution >= 4 is 21.6 Å². The highest BCUT2D eigenvalue weighted by Gasteiger charge is 2.19. The third-order valence-electron chi connectivity index (χ3n) is 4.09. The number of carbonyl (C=O) groups excluding carboxylic acids is 1. The van der Waals surface area contributed by atoms with Gasteiger partial charge in [0.2, 0.25) is 21.8 Å². The predicted molar refractivity (Wildman–Crippen MR) is 97.4 cm³/mol. The SMILES string of the molecule is CCOc1ncccc1CNS(=O)(=O)c1ccc2c(c1)CCCC(=O)N2. The van der Waals surface area contributed by atoms with Gasteiger partial charge in [-0.15, -0.1) is 0 Å². The molecule has 7 nitrogen and oxygen atoms in total. The van der Waals surface area contributed by atoms with Crippen LogP contribution in [0.4, 0.5) is 5.69 Å². The van der Waals surface area contributed by atoms with Gasteiger partial charge in [-0.2, -0.15) is 0 Å². The second-order valence-electron chi connectivity index (χ2n) is 5.95. The summed E-state index contributed by atoms with van der Waals surface area (Å²) in [6.45, 7) is 2.38. The maximum absolute atomic E-state index is 12.7. The Kier molecular flexibility index (Phi) is 5.53. The van der Waals surface area contributed by atoms with Crippen LogP contribution < -0.4 is 14.8 Å². The molecule has 1 aromatic heterocycles. The molecule has 0 atom stereocenters. The zero-order valence-electron chi connectivity index (χ0n) is 14.5. The van der Waals surface area contributed by atoms with Gasteiger partial charge >= 0.3 is 0 Å². The molecular formula is C18H21N3O4S. The van der Waals surface area contributed by atoms with Gasteiger partial charge in [0.1, 0.15) is 0 Å². The Morgan fingerprint density at radius 1 is 1.27 bits per heavy atom. The summed E-state index contributed by atoms with van der Waals surface area (Å²) in [5.74, 6) is 0.375. The second kappa shape index (κ2) is 7.84. The van der Waals surface area contributed by atoms with Crippen molar-refractivity contribution in [1.29, 1.82) is 0 Å². The number of carbonyl (C=O) groups is 1. The Morgan fingerprint density at radius 2 is 2.12 bits per heavy atom. The lowest BCUT2D eigenvalue weighted by Gasteiger charge is -2.12. The number of amides is 1. The van der Waals surface area contributed by atoms with Gasteiger partial charge in [-0.05, 0) is 49.6 Å². The summed E-state index contributed by atoms with van der Waals surface area (Å²) in [4.78, 5) is 15.9. The average molecular weight is 375 g/mol. The summed E-state index contributed by atoms with van der Waals surface area (Å²) >= 11 is 0. The van der Waals surface area contributed by atoms with E-state index in [0.29, 0.717) is 43.0 Å². The highest BCUT2D eigenvalue weighted by atomic mass is 32.2. The number of rotatable bonds is 6. The molecule has 1 aromatic carbocycles. The van der Waals surface area contributed by atoms with Crippen molar-refractivity contribution in [2.24, 2.45) is 0 Å². The van der Waals surface area contributed by atoms with Crippen LogP contribution >= 0.6 is 0 Å². The van der Waals surface area contributed by atoms with Crippen LogP contribution in [0.3, 0.4) is 0 Å². The van der Waals surface area contributed by atoms with E-state index in [-0.39, 0.29) is 17.3 Å². The third-order valence-corrected chi connectivity index (χ3v) is 5.49. The molecule has 2 heterocycles. The molecule has 1 aliphatic heterocycles. The summed E-state index contributed by atoms with van der Waals surface area (Å²) in [5, 5.41) is 2.80. The smallest absolute Gasteiger partial charge is 0.240 e.